The van der Waals surface area contributed by atoms with Gasteiger partial charge in [-0.05, 0) is 17.8 Å². The fourth-order valence-electron chi connectivity index (χ4n) is 2.65. The van der Waals surface area contributed by atoms with Crippen molar-refractivity contribution < 1.29 is 25.2 Å². The predicted octanol–water partition coefficient (Wildman–Crippen LogP) is 1.40. The van der Waals surface area contributed by atoms with Crippen LogP contribution in [0, 0.1) is 23.2 Å². The van der Waals surface area contributed by atoms with Crippen molar-refractivity contribution in [3.05, 3.63) is 12.2 Å². The molecule has 1 aliphatic carbocycles. The molecule has 6 nitrogen and oxygen atoms in total. The Kier molecular flexibility index (Phi) is 5.63. The molecule has 0 radical (unpaired) electrons. The van der Waals surface area contributed by atoms with E-state index in [0.29, 0.717) is 0 Å². The van der Waals surface area contributed by atoms with Crippen molar-refractivity contribution in [3.8, 4) is 0 Å². The van der Waals surface area contributed by atoms with Gasteiger partial charge in [-0.3, -0.25) is 8.37 Å². The van der Waals surface area contributed by atoms with Crippen LogP contribution >= 0.6 is 0 Å². The Bertz CT molecular complexity index is 592. The van der Waals surface area contributed by atoms with Crippen molar-refractivity contribution in [1.29, 1.82) is 0 Å². The fraction of sp³-hybridized carbons (Fsp3) is 0.846. The molecule has 1 aliphatic rings. The molecule has 0 aromatic heterocycles. The summed E-state index contributed by atoms with van der Waals surface area (Å²) in [5.41, 5.74) is -0.526. The summed E-state index contributed by atoms with van der Waals surface area (Å²) in [6, 6.07) is 0. The average Bonchev–Trinajstić information content (AvgIpc) is 2.29. The van der Waals surface area contributed by atoms with E-state index in [1.807, 2.05) is 32.9 Å². The Morgan fingerprint density at radius 1 is 1.00 bits per heavy atom. The molecule has 124 valence electrons. The van der Waals surface area contributed by atoms with Gasteiger partial charge in [0.2, 0.25) is 0 Å². The van der Waals surface area contributed by atoms with Crippen LogP contribution in [-0.4, -0.2) is 42.6 Å². The second kappa shape index (κ2) is 6.36. The lowest BCUT2D eigenvalue weighted by Gasteiger charge is -2.45. The maximum Gasteiger partial charge on any atom is 0.264 e. The minimum Gasteiger partial charge on any atom is -0.270 e. The van der Waals surface area contributed by atoms with Crippen molar-refractivity contribution >= 4 is 20.2 Å². The molecule has 21 heavy (non-hydrogen) atoms. The molecule has 0 aromatic rings. The third kappa shape index (κ3) is 5.36. The molecule has 4 atom stereocenters. The zero-order valence-corrected chi connectivity index (χ0v) is 14.7. The highest BCUT2D eigenvalue weighted by molar-refractivity contribution is 7.86. The molecule has 0 spiro atoms. The molecule has 0 aromatic carbocycles. The predicted molar refractivity (Wildman–Crippen MR) is 80.7 cm³/mol. The van der Waals surface area contributed by atoms with E-state index in [1.54, 1.807) is 0 Å². The van der Waals surface area contributed by atoms with Crippen molar-refractivity contribution in [2.75, 3.05) is 25.7 Å². The number of rotatable bonds is 6. The molecule has 1 rings (SSSR count). The summed E-state index contributed by atoms with van der Waals surface area (Å²) >= 11 is 0. The minimum absolute atomic E-state index is 0.000527. The number of hydrogen-bond donors (Lipinski definition) is 0. The molecule has 0 N–H and O–H groups in total. The molecule has 0 heterocycles. The third-order valence-corrected chi connectivity index (χ3v) is 5.38. The smallest absolute Gasteiger partial charge is 0.264 e. The minimum atomic E-state index is -3.55. The average molecular weight is 340 g/mol. The Morgan fingerprint density at radius 2 is 1.52 bits per heavy atom. The molecular weight excluding hydrogens is 316 g/mol. The van der Waals surface area contributed by atoms with Gasteiger partial charge in [0.05, 0.1) is 25.7 Å². The van der Waals surface area contributed by atoms with Crippen molar-refractivity contribution in [3.63, 3.8) is 0 Å². The van der Waals surface area contributed by atoms with Gasteiger partial charge in [-0.15, -0.1) is 0 Å². The highest BCUT2D eigenvalue weighted by Gasteiger charge is 2.44. The van der Waals surface area contributed by atoms with Crippen molar-refractivity contribution in [2.24, 2.45) is 23.2 Å². The Morgan fingerprint density at radius 3 is 2.00 bits per heavy atom. The normalized spacial score (nSPS) is 34.0. The van der Waals surface area contributed by atoms with E-state index in [0.717, 1.165) is 12.5 Å². The van der Waals surface area contributed by atoms with E-state index in [1.165, 1.54) is 0 Å². The third-order valence-electron chi connectivity index (χ3n) is 4.27. The summed E-state index contributed by atoms with van der Waals surface area (Å²) < 4.78 is 54.9. The number of hydrogen-bond acceptors (Lipinski definition) is 6. The van der Waals surface area contributed by atoms with Crippen LogP contribution in [0.15, 0.2) is 12.2 Å². The van der Waals surface area contributed by atoms with Crippen LogP contribution in [0.25, 0.3) is 0 Å². The number of allylic oxidation sites excluding steroid dienone is 2. The van der Waals surface area contributed by atoms with Gasteiger partial charge in [-0.1, -0.05) is 32.9 Å². The topological polar surface area (TPSA) is 86.7 Å². The first kappa shape index (κ1) is 18.6. The lowest BCUT2D eigenvalue weighted by Crippen LogP contribution is -2.45. The van der Waals surface area contributed by atoms with Gasteiger partial charge in [0, 0.05) is 5.41 Å². The Hall–Kier alpha value is -0.440. The Labute approximate surface area is 127 Å². The molecule has 0 unspecified atom stereocenters. The van der Waals surface area contributed by atoms with E-state index >= 15 is 0 Å². The molecule has 0 bridgehead atoms. The van der Waals surface area contributed by atoms with Gasteiger partial charge >= 0.3 is 0 Å². The van der Waals surface area contributed by atoms with E-state index < -0.39 is 25.7 Å². The zero-order chi connectivity index (χ0) is 16.5. The van der Waals surface area contributed by atoms with E-state index in [9.17, 15) is 16.8 Å². The first-order valence-corrected chi connectivity index (χ1v) is 10.4. The second-order valence-corrected chi connectivity index (χ2v) is 9.39. The van der Waals surface area contributed by atoms with Gasteiger partial charge in [-0.2, -0.15) is 16.8 Å². The summed E-state index contributed by atoms with van der Waals surface area (Å²) in [5.74, 6) is -0.0475. The summed E-state index contributed by atoms with van der Waals surface area (Å²) in [7, 11) is -7.09. The first-order valence-electron chi connectivity index (χ1n) is 6.72. The summed E-state index contributed by atoms with van der Waals surface area (Å²) in [4.78, 5) is 0. The van der Waals surface area contributed by atoms with Crippen LogP contribution in [0.1, 0.15) is 20.8 Å². The summed E-state index contributed by atoms with van der Waals surface area (Å²) in [5, 5.41) is 0. The van der Waals surface area contributed by atoms with Gasteiger partial charge in [0.15, 0.2) is 0 Å². The molecule has 0 saturated heterocycles. The van der Waals surface area contributed by atoms with Gasteiger partial charge in [0.1, 0.15) is 0 Å². The van der Waals surface area contributed by atoms with E-state index in [2.05, 4.69) is 0 Å². The lowest BCUT2D eigenvalue weighted by atomic mass is 9.62. The maximum absolute atomic E-state index is 11.3. The highest BCUT2D eigenvalue weighted by atomic mass is 32.2. The summed E-state index contributed by atoms with van der Waals surface area (Å²) in [6.45, 7) is 5.83. The van der Waals surface area contributed by atoms with Gasteiger partial charge in [0.25, 0.3) is 20.2 Å². The highest BCUT2D eigenvalue weighted by Crippen LogP contribution is 2.45. The molecule has 8 heteroatoms. The Balaban J connectivity index is 3.00. The van der Waals surface area contributed by atoms with Crippen molar-refractivity contribution in [2.45, 2.75) is 20.8 Å². The van der Waals surface area contributed by atoms with Gasteiger partial charge < -0.3 is 0 Å². The monoisotopic (exact) mass is 340 g/mol. The second-order valence-electron chi connectivity index (χ2n) is 6.10. The first-order chi connectivity index (χ1) is 9.35. The van der Waals surface area contributed by atoms with Crippen molar-refractivity contribution in [1.82, 2.24) is 0 Å². The molecule has 0 fully saturated rings. The molecular formula is C13H24O6S2. The SMILES string of the molecule is C[C@@H]1C=C[C@@H](C)[C@](C)(COS(C)(=O)=O)[C@@H]1COS(C)(=O)=O. The van der Waals surface area contributed by atoms with Crippen LogP contribution in [0.2, 0.25) is 0 Å². The molecule has 0 saturated carbocycles. The molecule has 0 aliphatic heterocycles. The molecule has 0 amide bonds. The maximum atomic E-state index is 11.3. The zero-order valence-electron chi connectivity index (χ0n) is 13.1. The summed E-state index contributed by atoms with van der Waals surface area (Å²) in [6.07, 6.45) is 6.02. The largest absolute Gasteiger partial charge is 0.270 e. The van der Waals surface area contributed by atoms with E-state index in [-0.39, 0.29) is 31.0 Å². The van der Waals surface area contributed by atoms with E-state index in [4.69, 9.17) is 8.37 Å². The van der Waals surface area contributed by atoms with Crippen LogP contribution in [0.3, 0.4) is 0 Å². The van der Waals surface area contributed by atoms with Crippen LogP contribution in [0.4, 0.5) is 0 Å². The fourth-order valence-corrected chi connectivity index (χ4v) is 3.51. The van der Waals surface area contributed by atoms with Crippen LogP contribution in [0.5, 0.6) is 0 Å². The van der Waals surface area contributed by atoms with Crippen LogP contribution in [-0.2, 0) is 28.6 Å². The van der Waals surface area contributed by atoms with Crippen LogP contribution < -0.4 is 0 Å². The quantitative estimate of drug-likeness (QED) is 0.536. The van der Waals surface area contributed by atoms with Gasteiger partial charge in [-0.25, -0.2) is 0 Å². The lowest BCUT2D eigenvalue weighted by molar-refractivity contribution is 0.00670. The standard InChI is InChI=1S/C13H24O6S2/c1-10-6-7-11(2)13(3,9-19-21(5,16)17)12(10)8-18-20(4,14)15/h6-7,10-12H,8-9H2,1-5H3/t10-,11-,12-,13+/m1/s1.